The summed E-state index contributed by atoms with van der Waals surface area (Å²) in [6, 6.07) is 8.71. The molecule has 0 aliphatic heterocycles. The molecule has 0 aliphatic carbocycles. The summed E-state index contributed by atoms with van der Waals surface area (Å²) in [5, 5.41) is 10.9. The van der Waals surface area contributed by atoms with Crippen molar-refractivity contribution in [1.82, 2.24) is 0 Å². The van der Waals surface area contributed by atoms with Gasteiger partial charge < -0.3 is 4.74 Å². The maximum Gasteiger partial charge on any atom is 0.326 e. The smallest absolute Gasteiger partial charge is 0.326 e. The molecule has 0 atom stereocenters. The van der Waals surface area contributed by atoms with E-state index in [0.29, 0.717) is 4.31 Å². The molecule has 0 aromatic heterocycles. The molecule has 26 heavy (non-hydrogen) atoms. The first-order valence-corrected chi connectivity index (χ1v) is 9.16. The molecule has 2 rings (SSSR count). The van der Waals surface area contributed by atoms with Gasteiger partial charge in [-0.2, -0.15) is 0 Å². The van der Waals surface area contributed by atoms with Gasteiger partial charge in [-0.05, 0) is 18.2 Å². The SMILES string of the molecule is COC(=O)CN(c1c(Cl)cccc1Cl)S(=O)(=O)c1cccc([N+](=O)[O-])c1. The Labute approximate surface area is 159 Å². The van der Waals surface area contributed by atoms with Crippen molar-refractivity contribution in [3.05, 3.63) is 62.6 Å². The number of halogens is 2. The van der Waals surface area contributed by atoms with E-state index in [-0.39, 0.29) is 15.7 Å². The van der Waals surface area contributed by atoms with Crippen molar-refractivity contribution >= 4 is 50.6 Å². The normalized spacial score (nSPS) is 11.0. The van der Waals surface area contributed by atoms with E-state index in [2.05, 4.69) is 4.74 Å². The number of esters is 1. The number of carbonyl (C=O) groups is 1. The topological polar surface area (TPSA) is 107 Å². The molecule has 0 N–H and O–H groups in total. The largest absolute Gasteiger partial charge is 0.468 e. The molecular weight excluding hydrogens is 407 g/mol. The van der Waals surface area contributed by atoms with Gasteiger partial charge in [0.15, 0.2) is 0 Å². The lowest BCUT2D eigenvalue weighted by Crippen LogP contribution is -2.36. The third-order valence-electron chi connectivity index (χ3n) is 3.30. The number of sulfonamides is 1. The van der Waals surface area contributed by atoms with Gasteiger partial charge in [0.25, 0.3) is 15.7 Å². The molecule has 138 valence electrons. The van der Waals surface area contributed by atoms with Gasteiger partial charge in [0.2, 0.25) is 0 Å². The number of benzene rings is 2. The number of nitro benzene ring substituents is 1. The van der Waals surface area contributed by atoms with Crippen LogP contribution in [0.4, 0.5) is 11.4 Å². The average molecular weight is 419 g/mol. The number of anilines is 1. The quantitative estimate of drug-likeness (QED) is 0.404. The van der Waals surface area contributed by atoms with E-state index < -0.39 is 38.0 Å². The molecular formula is C15H12Cl2N2O6S. The molecule has 0 radical (unpaired) electrons. The van der Waals surface area contributed by atoms with Gasteiger partial charge in [-0.15, -0.1) is 0 Å². The first-order valence-electron chi connectivity index (χ1n) is 6.96. The van der Waals surface area contributed by atoms with Crippen LogP contribution in [0.3, 0.4) is 0 Å². The zero-order valence-corrected chi connectivity index (χ0v) is 15.6. The minimum Gasteiger partial charge on any atom is -0.468 e. The lowest BCUT2D eigenvalue weighted by molar-refractivity contribution is -0.385. The molecule has 0 saturated heterocycles. The molecule has 0 heterocycles. The van der Waals surface area contributed by atoms with E-state index in [1.54, 1.807) is 0 Å². The van der Waals surface area contributed by atoms with E-state index >= 15 is 0 Å². The standard InChI is InChI=1S/C15H12Cl2N2O6S/c1-25-14(20)9-18(15-12(16)6-3-7-13(15)17)26(23,24)11-5-2-4-10(8-11)19(21)22/h2-8H,9H2,1H3. The fraction of sp³-hybridized carbons (Fsp3) is 0.133. The number of carbonyl (C=O) groups excluding carboxylic acids is 1. The highest BCUT2D eigenvalue weighted by molar-refractivity contribution is 7.92. The van der Waals surface area contributed by atoms with Gasteiger partial charge in [0.1, 0.15) is 6.54 Å². The zero-order valence-electron chi connectivity index (χ0n) is 13.3. The van der Waals surface area contributed by atoms with Crippen molar-refractivity contribution in [3.63, 3.8) is 0 Å². The lowest BCUT2D eigenvalue weighted by atomic mass is 10.3. The Hall–Kier alpha value is -2.36. The number of para-hydroxylation sites is 1. The van der Waals surface area contributed by atoms with Crippen LogP contribution in [0, 0.1) is 10.1 Å². The predicted octanol–water partition coefficient (Wildman–Crippen LogP) is 3.27. The molecule has 2 aromatic carbocycles. The second-order valence-corrected chi connectivity index (χ2v) is 7.59. The summed E-state index contributed by atoms with van der Waals surface area (Å²) in [4.78, 5) is 21.6. The molecule has 0 saturated carbocycles. The van der Waals surface area contributed by atoms with Crippen molar-refractivity contribution in [3.8, 4) is 0 Å². The Balaban J connectivity index is 2.66. The monoisotopic (exact) mass is 418 g/mol. The van der Waals surface area contributed by atoms with Gasteiger partial charge in [-0.1, -0.05) is 35.3 Å². The van der Waals surface area contributed by atoms with Gasteiger partial charge in [-0.25, -0.2) is 8.42 Å². The van der Waals surface area contributed by atoms with E-state index in [0.717, 1.165) is 25.3 Å². The minimum absolute atomic E-state index is 0.0181. The summed E-state index contributed by atoms with van der Waals surface area (Å²) in [5.41, 5.74) is -0.554. The highest BCUT2D eigenvalue weighted by Gasteiger charge is 2.31. The summed E-state index contributed by atoms with van der Waals surface area (Å²) in [6.45, 7) is -0.717. The second-order valence-electron chi connectivity index (χ2n) is 4.91. The van der Waals surface area contributed by atoms with Crippen molar-refractivity contribution in [1.29, 1.82) is 0 Å². The van der Waals surface area contributed by atoms with Crippen LogP contribution in [0.1, 0.15) is 0 Å². The minimum atomic E-state index is -4.40. The molecule has 11 heteroatoms. The predicted molar refractivity (Wildman–Crippen MR) is 96.1 cm³/mol. The third kappa shape index (κ3) is 4.06. The van der Waals surface area contributed by atoms with E-state index in [4.69, 9.17) is 23.2 Å². The number of nitrogens with zero attached hydrogens (tertiary/aromatic N) is 2. The van der Waals surface area contributed by atoms with Gasteiger partial charge in [0.05, 0.1) is 32.7 Å². The molecule has 8 nitrogen and oxygen atoms in total. The molecule has 0 unspecified atom stereocenters. The molecule has 0 bridgehead atoms. The highest BCUT2D eigenvalue weighted by Crippen LogP contribution is 2.37. The van der Waals surface area contributed by atoms with Crippen LogP contribution in [0.15, 0.2) is 47.4 Å². The number of nitro groups is 1. The van der Waals surface area contributed by atoms with Crippen LogP contribution in [0.25, 0.3) is 0 Å². The summed E-state index contributed by atoms with van der Waals surface area (Å²) in [6.07, 6.45) is 0. The van der Waals surface area contributed by atoms with Gasteiger partial charge >= 0.3 is 5.97 Å². The van der Waals surface area contributed by atoms with Crippen LogP contribution in [0.2, 0.25) is 10.0 Å². The second kappa shape index (κ2) is 7.90. The van der Waals surface area contributed by atoms with Gasteiger partial charge in [0, 0.05) is 12.1 Å². The first kappa shape index (κ1) is 20.0. The molecule has 0 fully saturated rings. The number of ether oxygens (including phenoxy) is 1. The summed E-state index contributed by atoms with van der Waals surface area (Å²) in [5.74, 6) is -0.866. The van der Waals surface area contributed by atoms with E-state index in [1.165, 1.54) is 24.3 Å². The van der Waals surface area contributed by atoms with Crippen molar-refractivity contribution in [2.24, 2.45) is 0 Å². The number of hydrogen-bond acceptors (Lipinski definition) is 6. The van der Waals surface area contributed by atoms with Crippen LogP contribution >= 0.6 is 23.2 Å². The lowest BCUT2D eigenvalue weighted by Gasteiger charge is -2.25. The van der Waals surface area contributed by atoms with Crippen LogP contribution in [-0.2, 0) is 19.6 Å². The van der Waals surface area contributed by atoms with E-state index in [9.17, 15) is 23.3 Å². The van der Waals surface area contributed by atoms with Crippen molar-refractivity contribution in [2.75, 3.05) is 18.0 Å². The molecule has 0 spiro atoms. The Morgan fingerprint density at radius 1 is 1.19 bits per heavy atom. The highest BCUT2D eigenvalue weighted by atomic mass is 35.5. The third-order valence-corrected chi connectivity index (χ3v) is 5.66. The van der Waals surface area contributed by atoms with Gasteiger partial charge in [-0.3, -0.25) is 19.2 Å². The molecule has 2 aromatic rings. The number of methoxy groups -OCH3 is 1. The maximum absolute atomic E-state index is 13.0. The summed E-state index contributed by atoms with van der Waals surface area (Å²) < 4.78 is 31.3. The maximum atomic E-state index is 13.0. The van der Waals surface area contributed by atoms with Crippen LogP contribution in [-0.4, -0.2) is 33.0 Å². The fourth-order valence-electron chi connectivity index (χ4n) is 2.08. The molecule has 0 aliphatic rings. The van der Waals surface area contributed by atoms with Crippen LogP contribution < -0.4 is 4.31 Å². The Kier molecular flexibility index (Phi) is 6.06. The zero-order chi connectivity index (χ0) is 19.5. The Morgan fingerprint density at radius 3 is 2.31 bits per heavy atom. The Morgan fingerprint density at radius 2 is 1.77 bits per heavy atom. The average Bonchev–Trinajstić information content (AvgIpc) is 2.60. The number of rotatable bonds is 6. The molecule has 0 amide bonds. The van der Waals surface area contributed by atoms with Crippen molar-refractivity contribution < 1.29 is 22.9 Å². The summed E-state index contributed by atoms with van der Waals surface area (Å²) in [7, 11) is -3.31. The Bertz CT molecular complexity index is 944. The summed E-state index contributed by atoms with van der Waals surface area (Å²) >= 11 is 12.2. The van der Waals surface area contributed by atoms with E-state index in [1.807, 2.05) is 0 Å². The van der Waals surface area contributed by atoms with Crippen LogP contribution in [0.5, 0.6) is 0 Å². The first-order chi connectivity index (χ1) is 12.2. The van der Waals surface area contributed by atoms with Crippen molar-refractivity contribution in [2.45, 2.75) is 4.90 Å². The number of non-ortho nitro benzene ring substituents is 1. The number of hydrogen-bond donors (Lipinski definition) is 0. The fourth-order valence-corrected chi connectivity index (χ4v) is 4.27.